The van der Waals surface area contributed by atoms with E-state index in [9.17, 15) is 14.0 Å². The molecule has 2 amide bonds. The van der Waals surface area contributed by atoms with Crippen molar-refractivity contribution in [1.29, 1.82) is 0 Å². The first-order chi connectivity index (χ1) is 16.9. The van der Waals surface area contributed by atoms with E-state index < -0.39 is 6.04 Å². The van der Waals surface area contributed by atoms with Crippen LogP contribution in [0.4, 0.5) is 4.39 Å². The van der Waals surface area contributed by atoms with Crippen molar-refractivity contribution in [3.63, 3.8) is 0 Å². The number of hydrogen-bond acceptors (Lipinski definition) is 2. The zero-order valence-corrected chi connectivity index (χ0v) is 21.0. The van der Waals surface area contributed by atoms with E-state index in [0.29, 0.717) is 17.9 Å². The zero-order chi connectivity index (χ0) is 25.2. The summed E-state index contributed by atoms with van der Waals surface area (Å²) in [7, 11) is 0. The summed E-state index contributed by atoms with van der Waals surface area (Å²) in [5.41, 5.74) is 2.60. The molecular weight excluding hydrogens is 463 g/mol. The highest BCUT2D eigenvalue weighted by Crippen LogP contribution is 2.20. The minimum Gasteiger partial charge on any atom is -0.352 e. The van der Waals surface area contributed by atoms with Crippen LogP contribution in [0.15, 0.2) is 78.9 Å². The lowest BCUT2D eigenvalue weighted by Crippen LogP contribution is -2.52. The maximum absolute atomic E-state index is 13.6. The monoisotopic (exact) mass is 494 g/mol. The third-order valence-electron chi connectivity index (χ3n) is 6.10. The first-order valence-electron chi connectivity index (χ1n) is 12.0. The smallest absolute Gasteiger partial charge is 0.243 e. The molecule has 1 N–H and O–H groups in total. The number of nitrogens with zero attached hydrogens (tertiary/aromatic N) is 1. The van der Waals surface area contributed by atoms with Gasteiger partial charge in [0, 0.05) is 30.5 Å². The van der Waals surface area contributed by atoms with Gasteiger partial charge in [0.15, 0.2) is 0 Å². The molecule has 0 saturated heterocycles. The number of aryl methyl sites for hydroxylation is 1. The van der Waals surface area contributed by atoms with Gasteiger partial charge in [-0.2, -0.15) is 0 Å². The Balaban J connectivity index is 1.91. The largest absolute Gasteiger partial charge is 0.352 e. The second-order valence-electron chi connectivity index (χ2n) is 8.76. The fourth-order valence-corrected chi connectivity index (χ4v) is 4.10. The van der Waals surface area contributed by atoms with Crippen molar-refractivity contribution >= 4 is 23.4 Å². The van der Waals surface area contributed by atoms with Gasteiger partial charge < -0.3 is 10.2 Å². The second-order valence-corrected chi connectivity index (χ2v) is 9.17. The molecule has 0 fully saturated rings. The van der Waals surface area contributed by atoms with Crippen LogP contribution in [0.2, 0.25) is 5.02 Å². The first-order valence-corrected chi connectivity index (χ1v) is 12.4. The summed E-state index contributed by atoms with van der Waals surface area (Å²) in [6, 6.07) is 22.4. The van der Waals surface area contributed by atoms with E-state index in [0.717, 1.165) is 23.1 Å². The summed E-state index contributed by atoms with van der Waals surface area (Å²) in [6.45, 7) is 4.15. The molecule has 4 nitrogen and oxygen atoms in total. The predicted molar refractivity (Wildman–Crippen MR) is 139 cm³/mol. The van der Waals surface area contributed by atoms with Gasteiger partial charge in [-0.15, -0.1) is 0 Å². The molecule has 3 rings (SSSR count). The molecular formula is C29H32ClFN2O2. The molecule has 0 heterocycles. The number of benzene rings is 3. The summed E-state index contributed by atoms with van der Waals surface area (Å²) < 4.78 is 13.5. The van der Waals surface area contributed by atoms with Crippen LogP contribution in [-0.4, -0.2) is 28.8 Å². The maximum atomic E-state index is 13.6. The average molecular weight is 495 g/mol. The van der Waals surface area contributed by atoms with Crippen molar-refractivity contribution in [3.05, 3.63) is 106 Å². The molecule has 0 aliphatic carbocycles. The van der Waals surface area contributed by atoms with Gasteiger partial charge in [-0.05, 0) is 54.7 Å². The minimum absolute atomic E-state index is 0.0216. The normalized spacial score (nSPS) is 12.6. The van der Waals surface area contributed by atoms with Crippen LogP contribution in [0.5, 0.6) is 0 Å². The lowest BCUT2D eigenvalue weighted by molar-refractivity contribution is -0.141. The SMILES string of the molecule is CC[C@H](C)NC(=O)[C@H](Cc1ccccc1)N(Cc1ccc(F)cc1)C(=O)CCc1ccccc1Cl. The Morgan fingerprint density at radius 2 is 1.60 bits per heavy atom. The third kappa shape index (κ3) is 7.93. The van der Waals surface area contributed by atoms with Gasteiger partial charge in [0.1, 0.15) is 11.9 Å². The Bertz CT molecular complexity index is 1110. The van der Waals surface area contributed by atoms with Crippen molar-refractivity contribution in [2.75, 3.05) is 0 Å². The molecule has 0 aromatic heterocycles. The van der Waals surface area contributed by atoms with E-state index >= 15 is 0 Å². The maximum Gasteiger partial charge on any atom is 0.243 e. The Labute approximate surface area is 212 Å². The fraction of sp³-hybridized carbons (Fsp3) is 0.310. The summed E-state index contributed by atoms with van der Waals surface area (Å²) in [5.74, 6) is -0.702. The lowest BCUT2D eigenvalue weighted by Gasteiger charge is -2.32. The van der Waals surface area contributed by atoms with Gasteiger partial charge >= 0.3 is 0 Å². The van der Waals surface area contributed by atoms with Gasteiger partial charge in [0.2, 0.25) is 11.8 Å². The lowest BCUT2D eigenvalue weighted by atomic mass is 10.0. The summed E-state index contributed by atoms with van der Waals surface area (Å²) in [4.78, 5) is 28.7. The number of halogens is 2. The Hall–Kier alpha value is -3.18. The van der Waals surface area contributed by atoms with Gasteiger partial charge in [0.25, 0.3) is 0 Å². The van der Waals surface area contributed by atoms with E-state index in [4.69, 9.17) is 11.6 Å². The molecule has 0 aliphatic rings. The number of rotatable bonds is 11. The Kier molecular flexibility index (Phi) is 9.86. The van der Waals surface area contributed by atoms with Crippen LogP contribution in [0.1, 0.15) is 43.4 Å². The van der Waals surface area contributed by atoms with Gasteiger partial charge in [-0.25, -0.2) is 4.39 Å². The zero-order valence-electron chi connectivity index (χ0n) is 20.2. The van der Waals surface area contributed by atoms with Gasteiger partial charge in [0.05, 0.1) is 0 Å². The van der Waals surface area contributed by atoms with Crippen molar-refractivity contribution in [2.45, 2.75) is 58.2 Å². The third-order valence-corrected chi connectivity index (χ3v) is 6.47. The second kappa shape index (κ2) is 13.1. The molecule has 6 heteroatoms. The number of nitrogens with one attached hydrogen (secondary N) is 1. The number of hydrogen-bond donors (Lipinski definition) is 1. The molecule has 3 aromatic carbocycles. The summed E-state index contributed by atoms with van der Waals surface area (Å²) >= 11 is 6.30. The molecule has 35 heavy (non-hydrogen) atoms. The van der Waals surface area contributed by atoms with Crippen molar-refractivity contribution in [3.8, 4) is 0 Å². The van der Waals surface area contributed by atoms with Crippen LogP contribution in [0.3, 0.4) is 0 Å². The average Bonchev–Trinajstić information content (AvgIpc) is 2.87. The molecule has 184 valence electrons. The molecule has 0 bridgehead atoms. The number of amides is 2. The molecule has 3 aromatic rings. The van der Waals surface area contributed by atoms with E-state index in [-0.39, 0.29) is 36.6 Å². The van der Waals surface area contributed by atoms with Crippen LogP contribution in [0, 0.1) is 5.82 Å². The van der Waals surface area contributed by atoms with Crippen molar-refractivity contribution < 1.29 is 14.0 Å². The molecule has 2 atom stereocenters. The van der Waals surface area contributed by atoms with Crippen LogP contribution in [0.25, 0.3) is 0 Å². The fourth-order valence-electron chi connectivity index (χ4n) is 3.87. The van der Waals surface area contributed by atoms with Gasteiger partial charge in [-0.3, -0.25) is 9.59 Å². The first kappa shape index (κ1) is 26.4. The quantitative estimate of drug-likeness (QED) is 0.357. The van der Waals surface area contributed by atoms with Crippen molar-refractivity contribution in [2.24, 2.45) is 0 Å². The summed E-state index contributed by atoms with van der Waals surface area (Å²) in [6.07, 6.45) is 1.82. The predicted octanol–water partition coefficient (Wildman–Crippen LogP) is 5.97. The van der Waals surface area contributed by atoms with Crippen LogP contribution in [-0.2, 0) is 29.0 Å². The van der Waals surface area contributed by atoms with E-state index in [1.54, 1.807) is 23.1 Å². The Morgan fingerprint density at radius 3 is 2.26 bits per heavy atom. The van der Waals surface area contributed by atoms with Crippen LogP contribution < -0.4 is 5.32 Å². The molecule has 0 saturated carbocycles. The Morgan fingerprint density at radius 1 is 0.943 bits per heavy atom. The topological polar surface area (TPSA) is 49.4 Å². The highest BCUT2D eigenvalue weighted by Gasteiger charge is 2.30. The molecule has 0 aliphatic heterocycles. The van der Waals surface area contributed by atoms with Gasteiger partial charge in [-0.1, -0.05) is 79.2 Å². The minimum atomic E-state index is -0.713. The molecule has 0 spiro atoms. The molecule has 0 unspecified atom stereocenters. The number of carbonyl (C=O) groups excluding carboxylic acids is 2. The van der Waals surface area contributed by atoms with E-state index in [2.05, 4.69) is 5.32 Å². The van der Waals surface area contributed by atoms with Crippen molar-refractivity contribution in [1.82, 2.24) is 10.2 Å². The number of carbonyl (C=O) groups is 2. The highest BCUT2D eigenvalue weighted by molar-refractivity contribution is 6.31. The molecule has 0 radical (unpaired) electrons. The van der Waals surface area contributed by atoms with E-state index in [1.165, 1.54) is 12.1 Å². The highest BCUT2D eigenvalue weighted by atomic mass is 35.5. The van der Waals surface area contributed by atoms with Crippen LogP contribution >= 0.6 is 11.6 Å². The summed E-state index contributed by atoms with van der Waals surface area (Å²) in [5, 5.41) is 3.66. The van der Waals surface area contributed by atoms with E-state index in [1.807, 2.05) is 62.4 Å². The standard InChI is InChI=1S/C29H32ClFN2O2/c1-3-21(2)32-29(35)27(19-22-9-5-4-6-10-22)33(20-23-13-16-25(31)17-14-23)28(34)18-15-24-11-7-8-12-26(24)30/h4-14,16-17,21,27H,3,15,18-20H2,1-2H3,(H,32,35)/t21-,27-/m0/s1.